The van der Waals surface area contributed by atoms with Gasteiger partial charge in [0, 0.05) is 12.3 Å². The molecule has 4 nitrogen and oxygen atoms in total. The van der Waals surface area contributed by atoms with Gasteiger partial charge in [0.15, 0.2) is 11.6 Å². The molecule has 0 N–H and O–H groups in total. The molecule has 0 spiro atoms. The highest BCUT2D eigenvalue weighted by molar-refractivity contribution is 6.05. The van der Waals surface area contributed by atoms with E-state index >= 15 is 0 Å². The lowest BCUT2D eigenvalue weighted by Gasteiger charge is -2.34. The second-order valence-corrected chi connectivity index (χ2v) is 6.43. The molecule has 2 aliphatic heterocycles. The number of Topliss-reactive ketones (excluding diaryl/α,β-unsaturated/α-hetero) is 2. The van der Waals surface area contributed by atoms with Crippen molar-refractivity contribution in [1.82, 2.24) is 4.90 Å². The zero-order valence-electron chi connectivity index (χ0n) is 13.5. The van der Waals surface area contributed by atoms with E-state index in [0.717, 1.165) is 6.42 Å². The van der Waals surface area contributed by atoms with Gasteiger partial charge >= 0.3 is 0 Å². The fourth-order valence-electron chi connectivity index (χ4n) is 3.86. The van der Waals surface area contributed by atoms with Crippen LogP contribution in [0.4, 0.5) is 0 Å². The van der Waals surface area contributed by atoms with Crippen molar-refractivity contribution in [2.75, 3.05) is 13.2 Å². The molecular formula is C17H27NO3. The zero-order valence-corrected chi connectivity index (χ0v) is 13.5. The molecule has 0 aliphatic carbocycles. The Kier molecular flexibility index (Phi) is 5.20. The van der Waals surface area contributed by atoms with Crippen molar-refractivity contribution in [2.45, 2.75) is 52.6 Å². The van der Waals surface area contributed by atoms with E-state index in [0.29, 0.717) is 37.4 Å². The normalized spacial score (nSPS) is 34.9. The number of ketones is 2. The zero-order chi connectivity index (χ0) is 15.6. The number of ether oxygens (including phenoxy) is 1. The third kappa shape index (κ3) is 3.05. The van der Waals surface area contributed by atoms with Crippen LogP contribution in [0.25, 0.3) is 0 Å². The van der Waals surface area contributed by atoms with Crippen LogP contribution in [0.3, 0.4) is 0 Å². The second-order valence-electron chi connectivity index (χ2n) is 6.43. The van der Waals surface area contributed by atoms with E-state index in [4.69, 9.17) is 4.74 Å². The molecule has 5 atom stereocenters. The molecule has 4 heteroatoms. The quantitative estimate of drug-likeness (QED) is 0.747. The summed E-state index contributed by atoms with van der Waals surface area (Å²) in [6.07, 6.45) is 5.35. The lowest BCUT2D eigenvalue weighted by molar-refractivity contribution is -0.132. The Bertz CT molecular complexity index is 432. The molecule has 0 aromatic carbocycles. The highest BCUT2D eigenvalue weighted by Crippen LogP contribution is 2.39. The molecule has 2 fully saturated rings. The molecule has 118 valence electrons. The Hall–Kier alpha value is -1.16. The Morgan fingerprint density at radius 1 is 1.48 bits per heavy atom. The summed E-state index contributed by atoms with van der Waals surface area (Å²) in [5.74, 6) is 1.13. The van der Waals surface area contributed by atoms with Crippen LogP contribution < -0.4 is 0 Å². The SMILES string of the molecule is CC=CN1C(C(C)=O)C(=O)CC(C(C)CC)C2COCC21. The Labute approximate surface area is 127 Å². The van der Waals surface area contributed by atoms with Gasteiger partial charge in [-0.05, 0) is 31.9 Å². The molecule has 5 unspecified atom stereocenters. The van der Waals surface area contributed by atoms with Crippen LogP contribution in [0.15, 0.2) is 12.3 Å². The van der Waals surface area contributed by atoms with Gasteiger partial charge in [-0.25, -0.2) is 0 Å². The molecule has 0 saturated carbocycles. The molecule has 2 saturated heterocycles. The molecule has 2 heterocycles. The van der Waals surface area contributed by atoms with Gasteiger partial charge in [0.05, 0.1) is 19.3 Å². The largest absolute Gasteiger partial charge is 0.379 e. The minimum atomic E-state index is -0.635. The summed E-state index contributed by atoms with van der Waals surface area (Å²) in [6.45, 7) is 9.13. The summed E-state index contributed by atoms with van der Waals surface area (Å²) in [6, 6.07) is -0.495. The maximum absolute atomic E-state index is 12.7. The predicted molar refractivity (Wildman–Crippen MR) is 81.8 cm³/mol. The van der Waals surface area contributed by atoms with Gasteiger partial charge in [-0.1, -0.05) is 26.3 Å². The van der Waals surface area contributed by atoms with Crippen molar-refractivity contribution in [3.8, 4) is 0 Å². The number of fused-ring (bicyclic) bond motifs is 1. The number of rotatable bonds is 4. The van der Waals surface area contributed by atoms with Crippen molar-refractivity contribution in [1.29, 1.82) is 0 Å². The highest BCUT2D eigenvalue weighted by atomic mass is 16.5. The summed E-state index contributed by atoms with van der Waals surface area (Å²) in [5.41, 5.74) is 0. The molecule has 21 heavy (non-hydrogen) atoms. The maximum Gasteiger partial charge on any atom is 0.163 e. The third-order valence-corrected chi connectivity index (χ3v) is 5.15. The van der Waals surface area contributed by atoms with Gasteiger partial charge in [0.25, 0.3) is 0 Å². The average Bonchev–Trinajstić information content (AvgIpc) is 2.87. The molecule has 0 radical (unpaired) electrons. The Balaban J connectivity index is 2.41. The van der Waals surface area contributed by atoms with Crippen molar-refractivity contribution in [2.24, 2.45) is 17.8 Å². The summed E-state index contributed by atoms with van der Waals surface area (Å²) in [5, 5.41) is 0. The fourth-order valence-corrected chi connectivity index (χ4v) is 3.86. The van der Waals surface area contributed by atoms with E-state index < -0.39 is 6.04 Å². The molecule has 2 rings (SSSR count). The van der Waals surface area contributed by atoms with Crippen LogP contribution >= 0.6 is 0 Å². The minimum absolute atomic E-state index is 0.0615. The highest BCUT2D eigenvalue weighted by Gasteiger charge is 2.47. The van der Waals surface area contributed by atoms with Gasteiger partial charge in [-0.3, -0.25) is 9.59 Å². The summed E-state index contributed by atoms with van der Waals surface area (Å²) < 4.78 is 5.71. The van der Waals surface area contributed by atoms with Gasteiger partial charge in [-0.15, -0.1) is 0 Å². The van der Waals surface area contributed by atoms with E-state index in [9.17, 15) is 9.59 Å². The molecule has 0 aromatic heterocycles. The number of nitrogens with zero attached hydrogens (tertiary/aromatic N) is 1. The minimum Gasteiger partial charge on any atom is -0.379 e. The predicted octanol–water partition coefficient (Wildman–Crippen LogP) is 2.43. The first-order valence-electron chi connectivity index (χ1n) is 8.02. The lowest BCUT2D eigenvalue weighted by Crippen LogP contribution is -2.48. The van der Waals surface area contributed by atoms with Crippen LogP contribution in [0, 0.1) is 17.8 Å². The van der Waals surface area contributed by atoms with Crippen LogP contribution in [-0.4, -0.2) is 41.8 Å². The molecule has 0 amide bonds. The fraction of sp³-hybridized carbons (Fsp3) is 0.765. The average molecular weight is 293 g/mol. The summed E-state index contributed by atoms with van der Waals surface area (Å²) in [4.78, 5) is 26.7. The number of likely N-dealkylation sites (tertiary alicyclic amines) is 1. The topological polar surface area (TPSA) is 46.6 Å². The smallest absolute Gasteiger partial charge is 0.163 e. The van der Waals surface area contributed by atoms with Gasteiger partial charge in [0.2, 0.25) is 0 Å². The van der Waals surface area contributed by atoms with E-state index in [1.165, 1.54) is 6.92 Å². The van der Waals surface area contributed by atoms with E-state index in [1.807, 2.05) is 24.1 Å². The Morgan fingerprint density at radius 2 is 2.19 bits per heavy atom. The number of allylic oxidation sites excluding steroid dienone is 1. The summed E-state index contributed by atoms with van der Waals surface area (Å²) in [7, 11) is 0. The van der Waals surface area contributed by atoms with E-state index in [1.54, 1.807) is 0 Å². The standard InChI is InChI=1S/C17H27NO3/c1-5-7-18-15-10-21-9-14(15)13(11(3)6-2)8-16(20)17(18)12(4)19/h5,7,11,13-15,17H,6,8-10H2,1-4H3. The van der Waals surface area contributed by atoms with Crippen LogP contribution in [-0.2, 0) is 14.3 Å². The van der Waals surface area contributed by atoms with Gasteiger partial charge in [0.1, 0.15) is 6.04 Å². The molecular weight excluding hydrogens is 266 g/mol. The van der Waals surface area contributed by atoms with Crippen LogP contribution in [0.2, 0.25) is 0 Å². The first-order chi connectivity index (χ1) is 10.0. The molecule has 0 bridgehead atoms. The van der Waals surface area contributed by atoms with Crippen molar-refractivity contribution in [3.63, 3.8) is 0 Å². The number of hydrogen-bond acceptors (Lipinski definition) is 4. The molecule has 2 aliphatic rings. The summed E-state index contributed by atoms with van der Waals surface area (Å²) >= 11 is 0. The van der Waals surface area contributed by atoms with Crippen LogP contribution in [0.1, 0.15) is 40.5 Å². The second kappa shape index (κ2) is 6.73. The molecule has 0 aromatic rings. The monoisotopic (exact) mass is 293 g/mol. The van der Waals surface area contributed by atoms with Gasteiger partial charge < -0.3 is 9.64 Å². The number of hydrogen-bond donors (Lipinski definition) is 0. The third-order valence-electron chi connectivity index (χ3n) is 5.15. The van der Waals surface area contributed by atoms with Crippen LogP contribution in [0.5, 0.6) is 0 Å². The lowest BCUT2D eigenvalue weighted by atomic mass is 9.76. The van der Waals surface area contributed by atoms with Crippen molar-refractivity contribution >= 4 is 11.6 Å². The first-order valence-corrected chi connectivity index (χ1v) is 8.02. The van der Waals surface area contributed by atoms with E-state index in [2.05, 4.69) is 13.8 Å². The number of carbonyl (C=O) groups is 2. The van der Waals surface area contributed by atoms with Crippen molar-refractivity contribution < 1.29 is 14.3 Å². The van der Waals surface area contributed by atoms with Crippen molar-refractivity contribution in [3.05, 3.63) is 12.3 Å². The number of carbonyl (C=O) groups excluding carboxylic acids is 2. The first kappa shape index (κ1) is 16.2. The van der Waals surface area contributed by atoms with E-state index in [-0.39, 0.29) is 17.6 Å². The Morgan fingerprint density at radius 3 is 2.76 bits per heavy atom. The maximum atomic E-state index is 12.7. The van der Waals surface area contributed by atoms with Gasteiger partial charge in [-0.2, -0.15) is 0 Å².